The molecule has 0 saturated heterocycles. The largest absolute Gasteiger partial charge is 0.487 e. The molecule has 106 valence electrons. The Hall–Kier alpha value is -1.58. The lowest BCUT2D eigenvalue weighted by Crippen LogP contribution is -2.00. The van der Waals surface area contributed by atoms with Crippen molar-refractivity contribution < 1.29 is 14.2 Å². The number of hydrogen-bond acceptors (Lipinski definition) is 2. The minimum atomic E-state index is -0.577. The van der Waals surface area contributed by atoms with Gasteiger partial charge in [-0.15, -0.1) is 0 Å². The minimum Gasteiger partial charge on any atom is -0.487 e. The standard InChI is InChI=1S/C16H16ClFO2/c1-10-3-5-14(18)7-13(10)9-20-16-6-4-12(11(2)19)8-15(16)17/h3-8,11,19H,9H2,1-2H3. The Morgan fingerprint density at radius 3 is 2.65 bits per heavy atom. The van der Waals surface area contributed by atoms with Gasteiger partial charge >= 0.3 is 0 Å². The Bertz CT molecular complexity index is 611. The Balaban J connectivity index is 2.13. The first-order valence-corrected chi connectivity index (χ1v) is 6.70. The maximum absolute atomic E-state index is 13.2. The molecule has 0 aliphatic heterocycles. The number of halogens is 2. The molecule has 0 fully saturated rings. The molecule has 1 atom stereocenters. The number of ether oxygens (including phenoxy) is 1. The van der Waals surface area contributed by atoms with Crippen LogP contribution in [-0.2, 0) is 6.61 Å². The zero-order chi connectivity index (χ0) is 14.7. The first kappa shape index (κ1) is 14.8. The van der Waals surface area contributed by atoms with Crippen molar-refractivity contribution in [3.8, 4) is 5.75 Å². The van der Waals surface area contributed by atoms with E-state index in [4.69, 9.17) is 16.3 Å². The van der Waals surface area contributed by atoms with Crippen molar-refractivity contribution in [2.24, 2.45) is 0 Å². The van der Waals surface area contributed by atoms with Crippen molar-refractivity contribution in [3.63, 3.8) is 0 Å². The molecule has 2 aromatic carbocycles. The van der Waals surface area contributed by atoms with Crippen LogP contribution in [0.2, 0.25) is 5.02 Å². The molecule has 1 unspecified atom stereocenters. The van der Waals surface area contributed by atoms with Gasteiger partial charge in [-0.25, -0.2) is 4.39 Å². The van der Waals surface area contributed by atoms with E-state index in [0.717, 1.165) is 16.7 Å². The van der Waals surface area contributed by atoms with E-state index in [0.29, 0.717) is 10.8 Å². The SMILES string of the molecule is Cc1ccc(F)cc1COc1ccc(C(C)O)cc1Cl. The molecule has 0 saturated carbocycles. The van der Waals surface area contributed by atoms with E-state index >= 15 is 0 Å². The first-order valence-electron chi connectivity index (χ1n) is 6.32. The van der Waals surface area contributed by atoms with Crippen molar-refractivity contribution in [1.82, 2.24) is 0 Å². The summed E-state index contributed by atoms with van der Waals surface area (Å²) in [7, 11) is 0. The maximum Gasteiger partial charge on any atom is 0.138 e. The molecule has 20 heavy (non-hydrogen) atoms. The van der Waals surface area contributed by atoms with Crippen molar-refractivity contribution in [2.45, 2.75) is 26.6 Å². The van der Waals surface area contributed by atoms with E-state index in [1.807, 2.05) is 6.92 Å². The van der Waals surface area contributed by atoms with Crippen LogP contribution in [0.3, 0.4) is 0 Å². The van der Waals surface area contributed by atoms with Crippen LogP contribution in [0.4, 0.5) is 4.39 Å². The summed E-state index contributed by atoms with van der Waals surface area (Å²) in [5, 5.41) is 9.90. The van der Waals surface area contributed by atoms with Gasteiger partial charge in [0.05, 0.1) is 11.1 Å². The van der Waals surface area contributed by atoms with Crippen LogP contribution < -0.4 is 4.74 Å². The van der Waals surface area contributed by atoms with Gasteiger partial charge in [0.2, 0.25) is 0 Å². The predicted octanol–water partition coefficient (Wildman–Crippen LogP) is 4.42. The van der Waals surface area contributed by atoms with Crippen LogP contribution >= 0.6 is 11.6 Å². The first-order chi connectivity index (χ1) is 9.47. The van der Waals surface area contributed by atoms with Crippen LogP contribution in [0.15, 0.2) is 36.4 Å². The molecule has 0 aromatic heterocycles. The molecule has 1 N–H and O–H groups in total. The average molecular weight is 295 g/mol. The quantitative estimate of drug-likeness (QED) is 0.904. The molecule has 0 aliphatic carbocycles. The lowest BCUT2D eigenvalue weighted by molar-refractivity contribution is 0.199. The molecule has 0 heterocycles. The molecule has 2 aromatic rings. The molecule has 0 spiro atoms. The van der Waals surface area contributed by atoms with E-state index in [1.165, 1.54) is 12.1 Å². The van der Waals surface area contributed by atoms with Gasteiger partial charge in [0.1, 0.15) is 18.2 Å². The average Bonchev–Trinajstić information content (AvgIpc) is 2.40. The summed E-state index contributed by atoms with van der Waals surface area (Å²) in [5.41, 5.74) is 2.47. The van der Waals surface area contributed by atoms with Crippen LogP contribution in [0.5, 0.6) is 5.75 Å². The third kappa shape index (κ3) is 3.50. The van der Waals surface area contributed by atoms with Crippen LogP contribution in [0.25, 0.3) is 0 Å². The highest BCUT2D eigenvalue weighted by atomic mass is 35.5. The van der Waals surface area contributed by atoms with Gasteiger partial charge in [0, 0.05) is 0 Å². The fourth-order valence-corrected chi connectivity index (χ4v) is 2.09. The van der Waals surface area contributed by atoms with Gasteiger partial charge in [0.15, 0.2) is 0 Å². The Morgan fingerprint density at radius 2 is 2.00 bits per heavy atom. The number of aliphatic hydroxyl groups is 1. The molecule has 2 rings (SSSR count). The summed E-state index contributed by atoms with van der Waals surface area (Å²) < 4.78 is 18.8. The second-order valence-electron chi connectivity index (χ2n) is 4.73. The van der Waals surface area contributed by atoms with Crippen molar-refractivity contribution in [3.05, 3.63) is 63.9 Å². The zero-order valence-electron chi connectivity index (χ0n) is 11.4. The number of hydrogen-bond donors (Lipinski definition) is 1. The van der Waals surface area contributed by atoms with Crippen molar-refractivity contribution >= 4 is 11.6 Å². The molecule has 0 radical (unpaired) electrons. The van der Waals surface area contributed by atoms with Crippen LogP contribution in [0, 0.1) is 12.7 Å². The second kappa shape index (κ2) is 6.25. The Kier molecular flexibility index (Phi) is 4.63. The predicted molar refractivity (Wildman–Crippen MR) is 77.6 cm³/mol. The van der Waals surface area contributed by atoms with E-state index in [1.54, 1.807) is 31.2 Å². The lowest BCUT2D eigenvalue weighted by Gasteiger charge is -2.12. The lowest BCUT2D eigenvalue weighted by atomic mass is 10.1. The summed E-state index contributed by atoms with van der Waals surface area (Å²) in [6.07, 6.45) is -0.577. The van der Waals surface area contributed by atoms with Crippen LogP contribution in [0.1, 0.15) is 29.7 Å². The number of rotatable bonds is 4. The number of aliphatic hydroxyl groups excluding tert-OH is 1. The molecule has 0 amide bonds. The third-order valence-corrected chi connectivity index (χ3v) is 3.43. The molecular weight excluding hydrogens is 279 g/mol. The maximum atomic E-state index is 13.2. The molecule has 0 bridgehead atoms. The van der Waals surface area contributed by atoms with Crippen LogP contribution in [-0.4, -0.2) is 5.11 Å². The monoisotopic (exact) mass is 294 g/mol. The van der Waals surface area contributed by atoms with Gasteiger partial charge in [-0.3, -0.25) is 0 Å². The second-order valence-corrected chi connectivity index (χ2v) is 5.13. The van der Waals surface area contributed by atoms with E-state index < -0.39 is 6.10 Å². The van der Waals surface area contributed by atoms with Crippen molar-refractivity contribution in [2.75, 3.05) is 0 Å². The highest BCUT2D eigenvalue weighted by Crippen LogP contribution is 2.28. The minimum absolute atomic E-state index is 0.247. The topological polar surface area (TPSA) is 29.5 Å². The Labute approximate surface area is 122 Å². The summed E-state index contributed by atoms with van der Waals surface area (Å²) >= 11 is 6.10. The molecule has 0 aliphatic rings. The summed E-state index contributed by atoms with van der Waals surface area (Å²) in [6.45, 7) is 3.82. The number of aryl methyl sites for hydroxylation is 1. The van der Waals surface area contributed by atoms with E-state index in [-0.39, 0.29) is 12.4 Å². The zero-order valence-corrected chi connectivity index (χ0v) is 12.1. The van der Waals surface area contributed by atoms with Gasteiger partial charge < -0.3 is 9.84 Å². The Morgan fingerprint density at radius 1 is 1.25 bits per heavy atom. The van der Waals surface area contributed by atoms with Gasteiger partial charge in [0.25, 0.3) is 0 Å². The van der Waals surface area contributed by atoms with Gasteiger partial charge in [-0.05, 0) is 54.8 Å². The summed E-state index contributed by atoms with van der Waals surface area (Å²) in [5.74, 6) is 0.226. The fourth-order valence-electron chi connectivity index (χ4n) is 1.85. The molecule has 2 nitrogen and oxygen atoms in total. The summed E-state index contributed by atoms with van der Waals surface area (Å²) in [6, 6.07) is 9.71. The third-order valence-electron chi connectivity index (χ3n) is 3.13. The van der Waals surface area contributed by atoms with Gasteiger partial charge in [-0.1, -0.05) is 23.7 Å². The summed E-state index contributed by atoms with van der Waals surface area (Å²) in [4.78, 5) is 0. The van der Waals surface area contributed by atoms with E-state index in [9.17, 15) is 9.50 Å². The normalized spacial score (nSPS) is 12.2. The highest BCUT2D eigenvalue weighted by Gasteiger charge is 2.08. The smallest absolute Gasteiger partial charge is 0.138 e. The number of benzene rings is 2. The van der Waals surface area contributed by atoms with E-state index in [2.05, 4.69) is 0 Å². The van der Waals surface area contributed by atoms with Gasteiger partial charge in [-0.2, -0.15) is 0 Å². The highest BCUT2D eigenvalue weighted by molar-refractivity contribution is 6.32. The molecular formula is C16H16ClFO2. The molecule has 4 heteroatoms. The van der Waals surface area contributed by atoms with Crippen molar-refractivity contribution in [1.29, 1.82) is 0 Å². The fraction of sp³-hybridized carbons (Fsp3) is 0.250.